The fourth-order valence-corrected chi connectivity index (χ4v) is 2.72. The Balaban J connectivity index is 1.80. The average Bonchev–Trinajstić information content (AvgIpc) is 3.00. The Kier molecular flexibility index (Phi) is 5.99. The van der Waals surface area contributed by atoms with E-state index in [4.69, 9.17) is 0 Å². The van der Waals surface area contributed by atoms with Gasteiger partial charge < -0.3 is 10.2 Å². The van der Waals surface area contributed by atoms with Crippen LogP contribution >= 0.6 is 0 Å². The third-order valence-electron chi connectivity index (χ3n) is 3.85. The van der Waals surface area contributed by atoms with E-state index in [1.54, 1.807) is 6.20 Å². The number of allylic oxidation sites excluding steroid dienone is 2. The van der Waals surface area contributed by atoms with E-state index in [-0.39, 0.29) is 11.9 Å². The van der Waals surface area contributed by atoms with Crippen LogP contribution in [0.1, 0.15) is 39.5 Å². The van der Waals surface area contributed by atoms with E-state index < -0.39 is 0 Å². The second-order valence-corrected chi connectivity index (χ2v) is 5.59. The van der Waals surface area contributed by atoms with E-state index in [2.05, 4.69) is 23.4 Å². The van der Waals surface area contributed by atoms with E-state index in [9.17, 15) is 4.79 Å². The van der Waals surface area contributed by atoms with Crippen LogP contribution in [0.15, 0.2) is 30.2 Å². The van der Waals surface area contributed by atoms with Crippen LogP contribution in [0.3, 0.4) is 0 Å². The molecule has 5 nitrogen and oxygen atoms in total. The fraction of sp³-hybridized carbons (Fsp3) is 0.625. The van der Waals surface area contributed by atoms with Crippen LogP contribution in [0.4, 0.5) is 0 Å². The first-order valence-corrected chi connectivity index (χ1v) is 7.91. The molecule has 1 amide bonds. The Morgan fingerprint density at radius 3 is 3.00 bits per heavy atom. The smallest absolute Gasteiger partial charge is 0.240 e. The molecule has 0 aromatic carbocycles. The maximum absolute atomic E-state index is 12.4. The van der Waals surface area contributed by atoms with Gasteiger partial charge in [0.25, 0.3) is 0 Å². The summed E-state index contributed by atoms with van der Waals surface area (Å²) in [5.74, 6) is 0.165. The number of nitrogens with zero attached hydrogens (tertiary/aromatic N) is 3. The van der Waals surface area contributed by atoms with Gasteiger partial charge >= 0.3 is 0 Å². The summed E-state index contributed by atoms with van der Waals surface area (Å²) >= 11 is 0. The number of rotatable bonds is 7. The molecule has 0 radical (unpaired) electrons. The Hall–Kier alpha value is -1.62. The molecular formula is C16H26N4O. The molecule has 1 aromatic heterocycles. The van der Waals surface area contributed by atoms with Crippen LogP contribution < -0.4 is 5.32 Å². The number of likely N-dealkylation sites (N-methyl/N-ethyl adjacent to an activating group) is 1. The Labute approximate surface area is 127 Å². The lowest BCUT2D eigenvalue weighted by atomic mass is 10.0. The van der Waals surface area contributed by atoms with Crippen molar-refractivity contribution in [2.75, 3.05) is 13.1 Å². The standard InChI is InChI=1S/C16H26N4O/c1-3-20(15-8-5-4-6-9-15)16(21)12-17-14(2)13-19-11-7-10-18-19/h7-8,10-11,14,17H,3-6,9,12-13H2,1-2H3/t14-/m0/s1. The van der Waals surface area contributed by atoms with Crippen molar-refractivity contribution in [2.45, 2.75) is 52.1 Å². The quantitative estimate of drug-likeness (QED) is 0.837. The maximum Gasteiger partial charge on any atom is 0.240 e. The molecule has 0 unspecified atom stereocenters. The Bertz CT molecular complexity index is 467. The van der Waals surface area contributed by atoms with Crippen LogP contribution in [-0.2, 0) is 11.3 Å². The van der Waals surface area contributed by atoms with Crippen molar-refractivity contribution in [2.24, 2.45) is 0 Å². The fourth-order valence-electron chi connectivity index (χ4n) is 2.72. The largest absolute Gasteiger partial charge is 0.316 e. The molecule has 1 aromatic rings. The summed E-state index contributed by atoms with van der Waals surface area (Å²) in [6.45, 7) is 6.02. The molecule has 0 saturated heterocycles. The van der Waals surface area contributed by atoms with Crippen LogP contribution in [0.2, 0.25) is 0 Å². The molecular weight excluding hydrogens is 264 g/mol. The van der Waals surface area contributed by atoms with Crippen molar-refractivity contribution in [3.8, 4) is 0 Å². The highest BCUT2D eigenvalue weighted by atomic mass is 16.2. The van der Waals surface area contributed by atoms with Gasteiger partial charge in [-0.15, -0.1) is 0 Å². The van der Waals surface area contributed by atoms with Gasteiger partial charge in [-0.3, -0.25) is 9.48 Å². The van der Waals surface area contributed by atoms with Crippen molar-refractivity contribution in [1.29, 1.82) is 0 Å². The summed E-state index contributed by atoms with van der Waals surface area (Å²) in [5, 5.41) is 7.48. The molecule has 1 aliphatic rings. The summed E-state index contributed by atoms with van der Waals surface area (Å²) in [6.07, 6.45) is 10.5. The summed E-state index contributed by atoms with van der Waals surface area (Å²) in [6, 6.07) is 2.12. The van der Waals surface area contributed by atoms with Crippen LogP contribution in [-0.4, -0.2) is 39.7 Å². The van der Waals surface area contributed by atoms with Crippen LogP contribution in [0.5, 0.6) is 0 Å². The molecule has 1 heterocycles. The molecule has 1 aliphatic carbocycles. The van der Waals surface area contributed by atoms with Gasteiger partial charge in [0.2, 0.25) is 5.91 Å². The van der Waals surface area contributed by atoms with Gasteiger partial charge in [-0.25, -0.2) is 0 Å². The van der Waals surface area contributed by atoms with Crippen molar-refractivity contribution in [1.82, 2.24) is 20.0 Å². The van der Waals surface area contributed by atoms with Gasteiger partial charge in [0.1, 0.15) is 0 Å². The molecule has 0 aliphatic heterocycles. The second-order valence-electron chi connectivity index (χ2n) is 5.59. The maximum atomic E-state index is 12.4. The highest BCUT2D eigenvalue weighted by molar-refractivity contribution is 5.80. The van der Waals surface area contributed by atoms with Crippen molar-refractivity contribution >= 4 is 5.91 Å². The van der Waals surface area contributed by atoms with Crippen LogP contribution in [0.25, 0.3) is 0 Å². The molecule has 0 bridgehead atoms. The van der Waals surface area contributed by atoms with Gasteiger partial charge in [0, 0.05) is 30.7 Å². The van der Waals surface area contributed by atoms with Gasteiger partial charge in [-0.2, -0.15) is 5.10 Å². The first-order chi connectivity index (χ1) is 10.2. The van der Waals surface area contributed by atoms with Crippen molar-refractivity contribution in [3.05, 3.63) is 30.2 Å². The molecule has 21 heavy (non-hydrogen) atoms. The van der Waals surface area contributed by atoms with Crippen molar-refractivity contribution < 1.29 is 4.79 Å². The predicted molar refractivity (Wildman–Crippen MR) is 83.6 cm³/mol. The minimum atomic E-state index is 0.165. The predicted octanol–water partition coefficient (Wildman–Crippen LogP) is 2.17. The Morgan fingerprint density at radius 1 is 1.52 bits per heavy atom. The van der Waals surface area contributed by atoms with Gasteiger partial charge in [0.05, 0.1) is 13.1 Å². The number of hydrogen-bond acceptors (Lipinski definition) is 3. The third-order valence-corrected chi connectivity index (χ3v) is 3.85. The third kappa shape index (κ3) is 4.70. The zero-order chi connectivity index (χ0) is 15.1. The minimum absolute atomic E-state index is 0.165. The van der Waals surface area contributed by atoms with E-state index in [0.717, 1.165) is 25.9 Å². The first kappa shape index (κ1) is 15.8. The number of carbonyl (C=O) groups is 1. The number of aromatic nitrogens is 2. The summed E-state index contributed by atoms with van der Waals surface area (Å²) in [4.78, 5) is 14.3. The molecule has 0 fully saturated rings. The number of amides is 1. The average molecular weight is 290 g/mol. The van der Waals surface area contributed by atoms with Gasteiger partial charge in [0.15, 0.2) is 0 Å². The zero-order valence-electron chi connectivity index (χ0n) is 13.1. The Morgan fingerprint density at radius 2 is 2.38 bits per heavy atom. The van der Waals surface area contributed by atoms with Crippen molar-refractivity contribution in [3.63, 3.8) is 0 Å². The molecule has 0 spiro atoms. The molecule has 1 N–H and O–H groups in total. The van der Waals surface area contributed by atoms with E-state index >= 15 is 0 Å². The SMILES string of the molecule is CCN(C(=O)CN[C@@H](C)Cn1cccn1)C1=CCCCC1. The zero-order valence-corrected chi connectivity index (χ0v) is 13.1. The van der Waals surface area contributed by atoms with Gasteiger partial charge in [-0.1, -0.05) is 6.08 Å². The monoisotopic (exact) mass is 290 g/mol. The second kappa shape index (κ2) is 7.98. The lowest BCUT2D eigenvalue weighted by Crippen LogP contribution is -2.42. The number of carbonyl (C=O) groups excluding carboxylic acids is 1. The minimum Gasteiger partial charge on any atom is -0.316 e. The number of hydrogen-bond donors (Lipinski definition) is 1. The van der Waals surface area contributed by atoms with E-state index in [1.807, 2.05) is 28.8 Å². The summed E-state index contributed by atoms with van der Waals surface area (Å²) in [7, 11) is 0. The summed E-state index contributed by atoms with van der Waals surface area (Å²) < 4.78 is 1.88. The normalized spacial score (nSPS) is 16.4. The topological polar surface area (TPSA) is 50.2 Å². The lowest BCUT2D eigenvalue weighted by molar-refractivity contribution is -0.128. The lowest BCUT2D eigenvalue weighted by Gasteiger charge is -2.27. The molecule has 116 valence electrons. The molecule has 0 saturated carbocycles. The van der Waals surface area contributed by atoms with Gasteiger partial charge in [-0.05, 0) is 45.6 Å². The molecule has 5 heteroatoms. The number of nitrogens with one attached hydrogen (secondary N) is 1. The molecule has 1 atom stereocenters. The first-order valence-electron chi connectivity index (χ1n) is 7.91. The summed E-state index contributed by atoms with van der Waals surface area (Å²) in [5.41, 5.74) is 1.20. The van der Waals surface area contributed by atoms with E-state index in [0.29, 0.717) is 6.54 Å². The van der Waals surface area contributed by atoms with E-state index in [1.165, 1.54) is 18.5 Å². The highest BCUT2D eigenvalue weighted by Crippen LogP contribution is 2.20. The van der Waals surface area contributed by atoms with Crippen LogP contribution in [0, 0.1) is 0 Å². The highest BCUT2D eigenvalue weighted by Gasteiger charge is 2.18. The molecule has 2 rings (SSSR count).